The van der Waals surface area contributed by atoms with Gasteiger partial charge in [0.25, 0.3) is 5.89 Å². The van der Waals surface area contributed by atoms with Crippen molar-refractivity contribution < 1.29 is 4.52 Å². The molecule has 2 aromatic rings. The third kappa shape index (κ3) is 2.08. The van der Waals surface area contributed by atoms with Crippen LogP contribution < -0.4 is 0 Å². The summed E-state index contributed by atoms with van der Waals surface area (Å²) in [5.41, 5.74) is 0.929. The van der Waals surface area contributed by atoms with E-state index in [4.69, 9.17) is 4.52 Å². The number of aromatic nitrogens is 2. The lowest BCUT2D eigenvalue weighted by Gasteiger charge is -1.92. The molecule has 3 nitrogen and oxygen atoms in total. The van der Waals surface area contributed by atoms with Gasteiger partial charge in [0.2, 0.25) is 3.83 Å². The van der Waals surface area contributed by atoms with Gasteiger partial charge in [-0.3, -0.25) is 0 Å². The van der Waals surface area contributed by atoms with Crippen molar-refractivity contribution in [2.45, 2.75) is 0 Å². The molecule has 0 saturated carbocycles. The van der Waals surface area contributed by atoms with Gasteiger partial charge >= 0.3 is 0 Å². The molecule has 0 amide bonds. The van der Waals surface area contributed by atoms with Crippen LogP contribution in [0.2, 0.25) is 0 Å². The van der Waals surface area contributed by atoms with E-state index < -0.39 is 0 Å². The lowest BCUT2D eigenvalue weighted by atomic mass is 10.2. The van der Waals surface area contributed by atoms with Crippen molar-refractivity contribution in [3.8, 4) is 11.5 Å². The van der Waals surface area contributed by atoms with Crippen LogP contribution in [0.15, 0.2) is 33.3 Å². The number of hydrogen-bond donors (Lipinski definition) is 0. The van der Waals surface area contributed by atoms with E-state index in [1.54, 1.807) is 0 Å². The van der Waals surface area contributed by atoms with Gasteiger partial charge in [-0.1, -0.05) is 21.1 Å². The smallest absolute Gasteiger partial charge is 0.258 e. The zero-order valence-corrected chi connectivity index (χ0v) is 10.1. The Balaban J connectivity index is 2.41. The minimum atomic E-state index is 0.553. The van der Waals surface area contributed by atoms with Crippen molar-refractivity contribution in [3.05, 3.63) is 32.6 Å². The molecule has 2 rings (SSSR count). The van der Waals surface area contributed by atoms with E-state index in [2.05, 4.69) is 26.1 Å². The largest absolute Gasteiger partial charge is 0.333 e. The van der Waals surface area contributed by atoms with Gasteiger partial charge in [-0.25, -0.2) is 0 Å². The summed E-state index contributed by atoms with van der Waals surface area (Å²) in [7, 11) is 0. The zero-order valence-electron chi connectivity index (χ0n) is 6.37. The molecule has 0 atom stereocenters. The third-order valence-corrected chi connectivity index (χ3v) is 2.46. The molecule has 0 aliphatic carbocycles. The normalized spacial score (nSPS) is 10.3. The van der Waals surface area contributed by atoms with Crippen molar-refractivity contribution in [2.75, 3.05) is 0 Å². The SMILES string of the molecule is Brc1ccc(-c2nc(I)no2)cc1. The predicted octanol–water partition coefficient (Wildman–Crippen LogP) is 3.10. The Morgan fingerprint density at radius 2 is 1.92 bits per heavy atom. The number of benzene rings is 1. The molecule has 0 bridgehead atoms. The van der Waals surface area contributed by atoms with Crippen LogP contribution in [0.5, 0.6) is 0 Å². The second kappa shape index (κ2) is 3.75. The van der Waals surface area contributed by atoms with Crippen LogP contribution >= 0.6 is 38.5 Å². The average Bonchev–Trinajstić information content (AvgIpc) is 2.53. The summed E-state index contributed by atoms with van der Waals surface area (Å²) in [4.78, 5) is 4.10. The first-order valence-corrected chi connectivity index (χ1v) is 5.38. The molecule has 0 radical (unpaired) electrons. The maximum absolute atomic E-state index is 5.01. The Morgan fingerprint density at radius 3 is 2.46 bits per heavy atom. The molecule has 0 spiro atoms. The van der Waals surface area contributed by atoms with Gasteiger partial charge in [0.15, 0.2) is 0 Å². The fraction of sp³-hybridized carbons (Fsp3) is 0. The fourth-order valence-electron chi connectivity index (χ4n) is 0.915. The first kappa shape index (κ1) is 9.14. The molecule has 1 heterocycles. The zero-order chi connectivity index (χ0) is 9.26. The monoisotopic (exact) mass is 350 g/mol. The number of nitrogens with zero attached hydrogens (tertiary/aromatic N) is 2. The Morgan fingerprint density at radius 1 is 1.23 bits per heavy atom. The Hall–Kier alpha value is -0.430. The number of halogens is 2. The molecule has 0 N–H and O–H groups in total. The van der Waals surface area contributed by atoms with Crippen LogP contribution in [-0.2, 0) is 0 Å². The number of rotatable bonds is 1. The summed E-state index contributed by atoms with van der Waals surface area (Å²) >= 11 is 5.36. The van der Waals surface area contributed by atoms with Crippen LogP contribution in [0.25, 0.3) is 11.5 Å². The summed E-state index contributed by atoms with van der Waals surface area (Å²) < 4.78 is 6.66. The minimum Gasteiger partial charge on any atom is -0.333 e. The van der Waals surface area contributed by atoms with Gasteiger partial charge in [-0.05, 0) is 24.3 Å². The summed E-state index contributed by atoms with van der Waals surface area (Å²) in [5, 5.41) is 3.70. The van der Waals surface area contributed by atoms with Crippen LogP contribution in [0.3, 0.4) is 0 Å². The Bertz CT molecular complexity index is 412. The summed E-state index contributed by atoms with van der Waals surface area (Å²) in [6, 6.07) is 7.72. The van der Waals surface area contributed by atoms with E-state index >= 15 is 0 Å². The second-order valence-corrected chi connectivity index (χ2v) is 4.26. The molecule has 1 aromatic carbocycles. The van der Waals surface area contributed by atoms with Gasteiger partial charge < -0.3 is 4.52 Å². The molecule has 0 aliphatic rings. The molecule has 66 valence electrons. The summed E-state index contributed by atoms with van der Waals surface area (Å²) in [5.74, 6) is 0.553. The van der Waals surface area contributed by atoms with Crippen molar-refractivity contribution in [3.63, 3.8) is 0 Å². The number of hydrogen-bond acceptors (Lipinski definition) is 3. The third-order valence-electron chi connectivity index (χ3n) is 1.49. The van der Waals surface area contributed by atoms with Gasteiger partial charge in [-0.2, -0.15) is 4.98 Å². The van der Waals surface area contributed by atoms with E-state index in [1.807, 2.05) is 46.9 Å². The highest BCUT2D eigenvalue weighted by molar-refractivity contribution is 14.1. The fourth-order valence-corrected chi connectivity index (χ4v) is 1.50. The van der Waals surface area contributed by atoms with Crippen molar-refractivity contribution >= 4 is 38.5 Å². The predicted molar refractivity (Wildman–Crippen MR) is 60.2 cm³/mol. The first-order valence-electron chi connectivity index (χ1n) is 3.51. The molecule has 0 saturated heterocycles. The standard InChI is InChI=1S/C8H4BrIN2O/c9-6-3-1-5(2-4-6)7-11-8(10)12-13-7/h1-4H. The van der Waals surface area contributed by atoms with E-state index in [0.29, 0.717) is 9.72 Å². The Kier molecular flexibility index (Phi) is 2.63. The summed E-state index contributed by atoms with van der Waals surface area (Å²) in [6.07, 6.45) is 0. The maximum atomic E-state index is 5.01. The van der Waals surface area contributed by atoms with E-state index in [-0.39, 0.29) is 0 Å². The maximum Gasteiger partial charge on any atom is 0.258 e. The van der Waals surface area contributed by atoms with Gasteiger partial charge in [-0.15, -0.1) is 0 Å². The molecule has 0 unspecified atom stereocenters. The molecular weight excluding hydrogens is 347 g/mol. The highest BCUT2D eigenvalue weighted by atomic mass is 127. The van der Waals surface area contributed by atoms with Crippen LogP contribution in [0.4, 0.5) is 0 Å². The van der Waals surface area contributed by atoms with Crippen LogP contribution in [-0.4, -0.2) is 10.1 Å². The van der Waals surface area contributed by atoms with Crippen molar-refractivity contribution in [1.82, 2.24) is 10.1 Å². The quantitative estimate of drug-likeness (QED) is 0.742. The second-order valence-electron chi connectivity index (χ2n) is 2.38. The summed E-state index contributed by atoms with van der Waals surface area (Å²) in [6.45, 7) is 0. The molecule has 0 fully saturated rings. The molecule has 0 aliphatic heterocycles. The van der Waals surface area contributed by atoms with E-state index in [1.165, 1.54) is 0 Å². The lowest BCUT2D eigenvalue weighted by molar-refractivity contribution is 0.426. The van der Waals surface area contributed by atoms with Gasteiger partial charge in [0.1, 0.15) is 0 Å². The van der Waals surface area contributed by atoms with Crippen molar-refractivity contribution in [1.29, 1.82) is 0 Å². The minimum absolute atomic E-state index is 0.553. The molecule has 13 heavy (non-hydrogen) atoms. The van der Waals surface area contributed by atoms with Gasteiger partial charge in [0.05, 0.1) is 0 Å². The Labute approximate surface area is 96.8 Å². The average molecular weight is 351 g/mol. The first-order chi connectivity index (χ1) is 6.25. The molecule has 5 heteroatoms. The molecule has 1 aromatic heterocycles. The van der Waals surface area contributed by atoms with Gasteiger partial charge in [0, 0.05) is 32.6 Å². The molecular formula is C8H4BrIN2O. The highest BCUT2D eigenvalue weighted by Crippen LogP contribution is 2.20. The van der Waals surface area contributed by atoms with Crippen LogP contribution in [0, 0.1) is 3.83 Å². The van der Waals surface area contributed by atoms with Crippen LogP contribution in [0.1, 0.15) is 0 Å². The highest BCUT2D eigenvalue weighted by Gasteiger charge is 2.05. The topological polar surface area (TPSA) is 38.9 Å². The lowest BCUT2D eigenvalue weighted by Crippen LogP contribution is -1.76. The van der Waals surface area contributed by atoms with Crippen molar-refractivity contribution in [2.24, 2.45) is 0 Å². The van der Waals surface area contributed by atoms with E-state index in [0.717, 1.165) is 10.0 Å². The van der Waals surface area contributed by atoms with E-state index in [9.17, 15) is 0 Å².